The molecule has 0 bridgehead atoms. The van der Waals surface area contributed by atoms with E-state index < -0.39 is 0 Å². The molecule has 1 fully saturated rings. The fourth-order valence-corrected chi connectivity index (χ4v) is 1.02. The third kappa shape index (κ3) is 1.17. The lowest BCUT2D eigenvalue weighted by Crippen LogP contribution is -2.15. The van der Waals surface area contributed by atoms with Crippen LogP contribution in [-0.4, -0.2) is 9.98 Å². The van der Waals surface area contributed by atoms with Crippen LogP contribution in [0.4, 0.5) is 0 Å². The van der Waals surface area contributed by atoms with E-state index in [1.165, 1.54) is 0 Å². The lowest BCUT2D eigenvalue weighted by Gasteiger charge is -1.86. The van der Waals surface area contributed by atoms with Crippen molar-refractivity contribution in [3.63, 3.8) is 0 Å². The van der Waals surface area contributed by atoms with E-state index in [-0.39, 0.29) is 0 Å². The van der Waals surface area contributed by atoms with E-state index in [0.29, 0.717) is 0 Å². The maximum atomic E-state index is 4.80. The minimum Gasteiger partial charge on any atom is -0.345 e. The zero-order chi connectivity index (χ0) is 5.28. The first-order chi connectivity index (χ1) is 3.29. The van der Waals surface area contributed by atoms with Crippen LogP contribution in [0.1, 0.15) is 12.8 Å². The van der Waals surface area contributed by atoms with E-state index >= 15 is 0 Å². The first kappa shape index (κ1) is 5.12. The Balaban J connectivity index is 2.55. The summed E-state index contributed by atoms with van der Waals surface area (Å²) in [5, 5.41) is 2.88. The Morgan fingerprint density at radius 2 is 1.57 bits per heavy atom. The van der Waals surface area contributed by atoms with E-state index in [2.05, 4.69) is 5.32 Å². The maximum Gasteiger partial charge on any atom is 0.0805 e. The van der Waals surface area contributed by atoms with E-state index in [0.717, 1.165) is 22.8 Å². The second-order valence-corrected chi connectivity index (χ2v) is 2.46. The molecule has 0 amide bonds. The molecular formula is C4H5NS2. The number of thiocarbonyl (C=S) groups is 2. The van der Waals surface area contributed by atoms with Gasteiger partial charge in [0.15, 0.2) is 0 Å². The smallest absolute Gasteiger partial charge is 0.0805 e. The molecule has 1 saturated heterocycles. The van der Waals surface area contributed by atoms with Gasteiger partial charge in [-0.1, -0.05) is 24.4 Å². The molecule has 1 N–H and O–H groups in total. The topological polar surface area (TPSA) is 12.0 Å². The molecule has 1 aliphatic rings. The lowest BCUT2D eigenvalue weighted by molar-refractivity contribution is 1.23. The molecule has 0 aromatic heterocycles. The van der Waals surface area contributed by atoms with Crippen LogP contribution < -0.4 is 5.32 Å². The second-order valence-electron chi connectivity index (χ2n) is 1.47. The Morgan fingerprint density at radius 3 is 1.71 bits per heavy atom. The molecule has 0 atom stereocenters. The van der Waals surface area contributed by atoms with Crippen molar-refractivity contribution in [3.8, 4) is 0 Å². The summed E-state index contributed by atoms with van der Waals surface area (Å²) in [7, 11) is 0. The van der Waals surface area contributed by atoms with Gasteiger partial charge in [-0.25, -0.2) is 0 Å². The molecule has 1 heterocycles. The summed E-state index contributed by atoms with van der Waals surface area (Å²) in [5.41, 5.74) is 0. The molecule has 38 valence electrons. The molecule has 0 spiro atoms. The maximum absolute atomic E-state index is 4.80. The quantitative estimate of drug-likeness (QED) is 0.493. The number of nitrogens with one attached hydrogen (secondary N) is 1. The molecule has 1 rings (SSSR count). The normalized spacial score (nSPS) is 20.0. The zero-order valence-corrected chi connectivity index (χ0v) is 5.36. The number of hydrogen-bond donors (Lipinski definition) is 1. The van der Waals surface area contributed by atoms with Gasteiger partial charge in [0.05, 0.1) is 9.98 Å². The average Bonchev–Trinajstić information content (AvgIpc) is 1.87. The number of hydrogen-bond acceptors (Lipinski definition) is 2. The van der Waals surface area contributed by atoms with Crippen LogP contribution in [0, 0.1) is 0 Å². The molecule has 0 unspecified atom stereocenters. The fraction of sp³-hybridized carbons (Fsp3) is 0.500. The van der Waals surface area contributed by atoms with Crippen molar-refractivity contribution in [1.29, 1.82) is 0 Å². The van der Waals surface area contributed by atoms with Crippen molar-refractivity contribution in [2.75, 3.05) is 0 Å². The molecular weight excluding hydrogens is 126 g/mol. The van der Waals surface area contributed by atoms with E-state index in [9.17, 15) is 0 Å². The Morgan fingerprint density at radius 1 is 1.14 bits per heavy atom. The highest BCUT2D eigenvalue weighted by Crippen LogP contribution is 2.00. The van der Waals surface area contributed by atoms with Gasteiger partial charge in [-0.3, -0.25) is 0 Å². The third-order valence-electron chi connectivity index (χ3n) is 0.858. The summed E-state index contributed by atoms with van der Waals surface area (Å²) < 4.78 is 0. The minimum atomic E-state index is 0.894. The van der Waals surface area contributed by atoms with Crippen molar-refractivity contribution in [3.05, 3.63) is 0 Å². The molecule has 0 saturated carbocycles. The summed E-state index contributed by atoms with van der Waals surface area (Å²) in [6, 6.07) is 0. The van der Waals surface area contributed by atoms with Crippen LogP contribution in [0.25, 0.3) is 0 Å². The van der Waals surface area contributed by atoms with Crippen molar-refractivity contribution in [1.82, 2.24) is 5.32 Å². The van der Waals surface area contributed by atoms with Gasteiger partial charge in [0.1, 0.15) is 0 Å². The summed E-state index contributed by atoms with van der Waals surface area (Å²) in [5.74, 6) is 0. The Hall–Kier alpha value is -0.0200. The predicted molar refractivity (Wildman–Crippen MR) is 37.6 cm³/mol. The SMILES string of the molecule is S=C1CCC(=S)N1. The molecule has 3 heteroatoms. The molecule has 0 aromatic carbocycles. The summed E-state index contributed by atoms with van der Waals surface area (Å²) in [6.45, 7) is 0. The van der Waals surface area contributed by atoms with Gasteiger partial charge in [-0.15, -0.1) is 0 Å². The van der Waals surface area contributed by atoms with Gasteiger partial charge >= 0.3 is 0 Å². The van der Waals surface area contributed by atoms with Crippen LogP contribution in [0.5, 0.6) is 0 Å². The molecule has 1 nitrogen and oxygen atoms in total. The second kappa shape index (κ2) is 1.84. The molecule has 7 heavy (non-hydrogen) atoms. The number of rotatable bonds is 0. The van der Waals surface area contributed by atoms with Gasteiger partial charge in [0, 0.05) is 12.8 Å². The van der Waals surface area contributed by atoms with Crippen LogP contribution in [-0.2, 0) is 0 Å². The standard InChI is InChI=1S/C4H5NS2/c6-3-1-2-4(7)5-3/h1-2H2,(H,5,6,7). The average molecular weight is 131 g/mol. The highest BCUT2D eigenvalue weighted by atomic mass is 32.1. The summed E-state index contributed by atoms with van der Waals surface area (Å²) >= 11 is 9.59. The Kier molecular flexibility index (Phi) is 1.35. The van der Waals surface area contributed by atoms with E-state index in [1.807, 2.05) is 0 Å². The third-order valence-corrected chi connectivity index (χ3v) is 1.47. The fourth-order valence-electron chi connectivity index (χ4n) is 0.508. The van der Waals surface area contributed by atoms with Crippen molar-refractivity contribution in [2.45, 2.75) is 12.8 Å². The van der Waals surface area contributed by atoms with Gasteiger partial charge < -0.3 is 5.32 Å². The minimum absolute atomic E-state index is 0.894. The van der Waals surface area contributed by atoms with Crippen molar-refractivity contribution >= 4 is 34.4 Å². The van der Waals surface area contributed by atoms with Crippen LogP contribution in [0.3, 0.4) is 0 Å². The van der Waals surface area contributed by atoms with Crippen LogP contribution in [0.15, 0.2) is 0 Å². The predicted octanol–water partition coefficient (Wildman–Crippen LogP) is 1.02. The summed E-state index contributed by atoms with van der Waals surface area (Å²) in [6.07, 6.45) is 1.91. The van der Waals surface area contributed by atoms with Gasteiger partial charge in [-0.05, 0) is 0 Å². The molecule has 0 aromatic rings. The lowest BCUT2D eigenvalue weighted by atomic mass is 10.4. The van der Waals surface area contributed by atoms with Gasteiger partial charge in [-0.2, -0.15) is 0 Å². The highest BCUT2D eigenvalue weighted by Gasteiger charge is 2.08. The first-order valence-electron chi connectivity index (χ1n) is 2.12. The van der Waals surface area contributed by atoms with E-state index in [4.69, 9.17) is 24.4 Å². The molecule has 0 aliphatic carbocycles. The Bertz CT molecular complexity index is 105. The largest absolute Gasteiger partial charge is 0.345 e. The molecule has 1 aliphatic heterocycles. The van der Waals surface area contributed by atoms with Crippen molar-refractivity contribution in [2.24, 2.45) is 0 Å². The van der Waals surface area contributed by atoms with E-state index in [1.54, 1.807) is 0 Å². The van der Waals surface area contributed by atoms with Gasteiger partial charge in [0.25, 0.3) is 0 Å². The highest BCUT2D eigenvalue weighted by molar-refractivity contribution is 7.82. The monoisotopic (exact) mass is 131 g/mol. The van der Waals surface area contributed by atoms with Gasteiger partial charge in [0.2, 0.25) is 0 Å². The summed E-state index contributed by atoms with van der Waals surface area (Å²) in [4.78, 5) is 1.79. The Labute approximate surface area is 53.1 Å². The first-order valence-corrected chi connectivity index (χ1v) is 2.93. The molecule has 0 radical (unpaired) electrons. The van der Waals surface area contributed by atoms with Crippen LogP contribution in [0.2, 0.25) is 0 Å². The van der Waals surface area contributed by atoms with Crippen LogP contribution >= 0.6 is 24.4 Å². The van der Waals surface area contributed by atoms with Crippen molar-refractivity contribution < 1.29 is 0 Å². The zero-order valence-electron chi connectivity index (χ0n) is 3.73.